The van der Waals surface area contributed by atoms with E-state index >= 15 is 0 Å². The van der Waals surface area contributed by atoms with E-state index in [1.54, 1.807) is 18.2 Å². The van der Waals surface area contributed by atoms with Crippen molar-refractivity contribution in [1.29, 1.82) is 0 Å². The van der Waals surface area contributed by atoms with E-state index in [2.05, 4.69) is 34.9 Å². The molecular formula is C22H21Cl2N2O+. The van der Waals surface area contributed by atoms with Crippen LogP contribution in [-0.4, -0.2) is 11.9 Å². The Balaban J connectivity index is 1.78. The van der Waals surface area contributed by atoms with E-state index in [1.807, 2.05) is 43.3 Å². The van der Waals surface area contributed by atoms with Crippen LogP contribution in [0.15, 0.2) is 78.9 Å². The molecule has 3 nitrogen and oxygen atoms in total. The van der Waals surface area contributed by atoms with Crippen LogP contribution in [0.2, 0.25) is 10.0 Å². The summed E-state index contributed by atoms with van der Waals surface area (Å²) in [5, 5.41) is 5.93. The first-order valence-corrected chi connectivity index (χ1v) is 9.50. The van der Waals surface area contributed by atoms with E-state index in [1.165, 1.54) is 0 Å². The SMILES string of the molecule is C[C@@H]([NH2+]C(c1ccccc1)c1ccccc1)C(=O)Nc1cc(Cl)cc(Cl)c1. The van der Waals surface area contributed by atoms with Crippen molar-refractivity contribution in [3.63, 3.8) is 0 Å². The average Bonchev–Trinajstić information content (AvgIpc) is 2.66. The number of nitrogens with one attached hydrogen (secondary N) is 1. The number of quaternary nitrogens is 1. The molecule has 0 radical (unpaired) electrons. The maximum Gasteiger partial charge on any atom is 0.282 e. The molecule has 3 aromatic carbocycles. The number of carbonyl (C=O) groups is 1. The van der Waals surface area contributed by atoms with Gasteiger partial charge in [-0.1, -0.05) is 83.9 Å². The second-order valence-electron chi connectivity index (χ2n) is 6.43. The highest BCUT2D eigenvalue weighted by molar-refractivity contribution is 6.35. The molecule has 0 aliphatic carbocycles. The Morgan fingerprint density at radius 1 is 0.852 bits per heavy atom. The molecule has 0 saturated carbocycles. The van der Waals surface area contributed by atoms with Crippen molar-refractivity contribution < 1.29 is 10.1 Å². The quantitative estimate of drug-likeness (QED) is 0.621. The lowest BCUT2D eigenvalue weighted by molar-refractivity contribution is -0.704. The van der Waals surface area contributed by atoms with Crippen LogP contribution in [0, 0.1) is 0 Å². The molecule has 1 amide bonds. The number of anilines is 1. The average molecular weight is 400 g/mol. The van der Waals surface area contributed by atoms with Crippen LogP contribution in [0.25, 0.3) is 0 Å². The lowest BCUT2D eigenvalue weighted by Crippen LogP contribution is -2.92. The molecule has 0 aliphatic rings. The second kappa shape index (κ2) is 9.05. The summed E-state index contributed by atoms with van der Waals surface area (Å²) in [7, 11) is 0. The maximum absolute atomic E-state index is 12.7. The van der Waals surface area contributed by atoms with Gasteiger partial charge in [0.15, 0.2) is 6.04 Å². The van der Waals surface area contributed by atoms with Crippen LogP contribution in [0.1, 0.15) is 24.1 Å². The van der Waals surface area contributed by atoms with Gasteiger partial charge in [-0.05, 0) is 25.1 Å². The number of carbonyl (C=O) groups excluding carboxylic acids is 1. The number of rotatable bonds is 6. The number of amides is 1. The second-order valence-corrected chi connectivity index (χ2v) is 7.30. The van der Waals surface area contributed by atoms with Gasteiger partial charge in [0.05, 0.1) is 0 Å². The standard InChI is InChI=1S/C22H20Cl2N2O/c1-15(22(27)26-20-13-18(23)12-19(24)14-20)25-21(16-8-4-2-5-9-16)17-10-6-3-7-11-17/h2-15,21,25H,1H3,(H,26,27)/p+1/t15-/m1/s1. The van der Waals surface area contributed by atoms with Crippen LogP contribution in [0.4, 0.5) is 5.69 Å². The fourth-order valence-corrected chi connectivity index (χ4v) is 3.52. The smallest absolute Gasteiger partial charge is 0.282 e. The molecule has 0 heterocycles. The molecule has 3 aromatic rings. The summed E-state index contributed by atoms with van der Waals surface area (Å²) in [6.07, 6.45) is 0. The lowest BCUT2D eigenvalue weighted by atomic mass is 9.98. The fraction of sp³-hybridized carbons (Fsp3) is 0.136. The van der Waals surface area contributed by atoms with Gasteiger partial charge >= 0.3 is 0 Å². The zero-order chi connectivity index (χ0) is 19.2. The van der Waals surface area contributed by atoms with Crippen molar-refractivity contribution in [3.05, 3.63) is 100 Å². The highest BCUT2D eigenvalue weighted by Crippen LogP contribution is 2.22. The van der Waals surface area contributed by atoms with Crippen molar-refractivity contribution >= 4 is 34.8 Å². The zero-order valence-corrected chi connectivity index (χ0v) is 16.4. The van der Waals surface area contributed by atoms with Crippen LogP contribution in [0.3, 0.4) is 0 Å². The van der Waals surface area contributed by atoms with Gasteiger partial charge < -0.3 is 10.6 Å². The van der Waals surface area contributed by atoms with Crippen molar-refractivity contribution in [2.24, 2.45) is 0 Å². The van der Waals surface area contributed by atoms with Crippen LogP contribution in [-0.2, 0) is 4.79 Å². The Hall–Kier alpha value is -2.33. The van der Waals surface area contributed by atoms with Crippen molar-refractivity contribution in [1.82, 2.24) is 0 Å². The molecular weight excluding hydrogens is 379 g/mol. The third-order valence-corrected chi connectivity index (χ3v) is 4.78. The third-order valence-electron chi connectivity index (χ3n) is 4.34. The van der Waals surface area contributed by atoms with Crippen molar-refractivity contribution in [2.75, 3.05) is 5.32 Å². The monoisotopic (exact) mass is 399 g/mol. The molecule has 1 atom stereocenters. The van der Waals surface area contributed by atoms with Crippen molar-refractivity contribution in [2.45, 2.75) is 19.0 Å². The van der Waals surface area contributed by atoms with Gasteiger partial charge in [0.25, 0.3) is 5.91 Å². The Morgan fingerprint density at radius 3 is 1.81 bits per heavy atom. The summed E-state index contributed by atoms with van der Waals surface area (Å²) >= 11 is 12.0. The number of hydrogen-bond donors (Lipinski definition) is 2. The maximum atomic E-state index is 12.7. The minimum absolute atomic E-state index is 0.0242. The highest BCUT2D eigenvalue weighted by atomic mass is 35.5. The first-order valence-electron chi connectivity index (χ1n) is 8.75. The Labute approximate surface area is 169 Å². The lowest BCUT2D eigenvalue weighted by Gasteiger charge is -2.21. The number of nitrogens with two attached hydrogens (primary N) is 1. The number of benzene rings is 3. The molecule has 0 aromatic heterocycles. The molecule has 0 fully saturated rings. The van der Waals surface area contributed by atoms with Crippen LogP contribution < -0.4 is 10.6 Å². The van der Waals surface area contributed by atoms with E-state index in [9.17, 15) is 4.79 Å². The molecule has 27 heavy (non-hydrogen) atoms. The third kappa shape index (κ3) is 5.33. The van der Waals surface area contributed by atoms with Gasteiger partial charge in [0.1, 0.15) is 6.04 Å². The summed E-state index contributed by atoms with van der Waals surface area (Å²) < 4.78 is 0. The fourth-order valence-electron chi connectivity index (χ4n) is 2.99. The normalized spacial score (nSPS) is 12.0. The molecule has 0 aliphatic heterocycles. The highest BCUT2D eigenvalue weighted by Gasteiger charge is 2.24. The van der Waals surface area contributed by atoms with Gasteiger partial charge in [0.2, 0.25) is 0 Å². The Kier molecular flexibility index (Phi) is 6.51. The summed E-state index contributed by atoms with van der Waals surface area (Å²) in [5.74, 6) is -0.106. The molecule has 3 N–H and O–H groups in total. The first-order chi connectivity index (χ1) is 13.0. The molecule has 0 spiro atoms. The van der Waals surface area contributed by atoms with Gasteiger partial charge in [-0.15, -0.1) is 0 Å². The number of halogens is 2. The predicted octanol–water partition coefficient (Wildman–Crippen LogP) is 4.67. The molecule has 138 valence electrons. The minimum atomic E-state index is -0.312. The van der Waals surface area contributed by atoms with Crippen LogP contribution >= 0.6 is 23.2 Å². The molecule has 0 bridgehead atoms. The number of hydrogen-bond acceptors (Lipinski definition) is 1. The summed E-state index contributed by atoms with van der Waals surface area (Å²) in [4.78, 5) is 12.7. The Bertz CT molecular complexity index is 841. The van der Waals surface area contributed by atoms with E-state index in [-0.39, 0.29) is 18.0 Å². The van der Waals surface area contributed by atoms with E-state index in [0.29, 0.717) is 15.7 Å². The van der Waals surface area contributed by atoms with E-state index < -0.39 is 0 Å². The minimum Gasteiger partial charge on any atom is -0.326 e. The summed E-state index contributed by atoms with van der Waals surface area (Å²) in [5.41, 5.74) is 2.89. The predicted molar refractivity (Wildman–Crippen MR) is 111 cm³/mol. The zero-order valence-electron chi connectivity index (χ0n) is 14.9. The molecule has 3 rings (SSSR count). The van der Waals surface area contributed by atoms with Gasteiger partial charge in [-0.25, -0.2) is 0 Å². The van der Waals surface area contributed by atoms with Gasteiger partial charge in [-0.3, -0.25) is 4.79 Å². The van der Waals surface area contributed by atoms with Gasteiger partial charge in [0, 0.05) is 26.9 Å². The summed E-state index contributed by atoms with van der Waals surface area (Å²) in [6, 6.07) is 25.1. The molecule has 0 saturated heterocycles. The largest absolute Gasteiger partial charge is 0.326 e. The molecule has 0 unspecified atom stereocenters. The first kappa shape index (κ1) is 19.4. The van der Waals surface area contributed by atoms with Gasteiger partial charge in [-0.2, -0.15) is 0 Å². The van der Waals surface area contributed by atoms with Crippen molar-refractivity contribution in [3.8, 4) is 0 Å². The van der Waals surface area contributed by atoms with Crippen LogP contribution in [0.5, 0.6) is 0 Å². The topological polar surface area (TPSA) is 45.7 Å². The molecule has 5 heteroatoms. The van der Waals surface area contributed by atoms with E-state index in [0.717, 1.165) is 11.1 Å². The summed E-state index contributed by atoms with van der Waals surface area (Å²) in [6.45, 7) is 1.89. The Morgan fingerprint density at radius 2 is 1.33 bits per heavy atom. The van der Waals surface area contributed by atoms with E-state index in [4.69, 9.17) is 23.2 Å².